The van der Waals surface area contributed by atoms with Crippen molar-refractivity contribution in [1.29, 1.82) is 0 Å². The maximum absolute atomic E-state index is 12.3. The Morgan fingerprint density at radius 1 is 1.08 bits per heavy atom. The summed E-state index contributed by atoms with van der Waals surface area (Å²) in [6.45, 7) is -2.92. The van der Waals surface area contributed by atoms with Gasteiger partial charge in [0.1, 0.15) is 0 Å². The SMILES string of the molecule is COc1cc(/C=C/C(=O)c2ccc3c(c2)CCC3)ccc1OC(F)F. The van der Waals surface area contributed by atoms with E-state index in [1.807, 2.05) is 18.2 Å². The predicted molar refractivity (Wildman–Crippen MR) is 91.5 cm³/mol. The molecule has 0 saturated carbocycles. The van der Waals surface area contributed by atoms with Gasteiger partial charge >= 0.3 is 6.61 Å². The lowest BCUT2D eigenvalue weighted by Gasteiger charge is -2.10. The van der Waals surface area contributed by atoms with Crippen LogP contribution in [0.2, 0.25) is 0 Å². The molecule has 25 heavy (non-hydrogen) atoms. The number of benzene rings is 2. The summed E-state index contributed by atoms with van der Waals surface area (Å²) < 4.78 is 34.1. The van der Waals surface area contributed by atoms with E-state index in [1.165, 1.54) is 30.4 Å². The van der Waals surface area contributed by atoms with Crippen LogP contribution in [0.15, 0.2) is 42.5 Å². The zero-order chi connectivity index (χ0) is 17.8. The van der Waals surface area contributed by atoms with E-state index in [-0.39, 0.29) is 17.3 Å². The topological polar surface area (TPSA) is 35.5 Å². The summed E-state index contributed by atoms with van der Waals surface area (Å²) in [5.74, 6) is 0.0496. The first-order chi connectivity index (χ1) is 12.1. The quantitative estimate of drug-likeness (QED) is 0.564. The molecule has 0 fully saturated rings. The highest BCUT2D eigenvalue weighted by atomic mass is 19.3. The molecule has 0 heterocycles. The summed E-state index contributed by atoms with van der Waals surface area (Å²) in [6.07, 6.45) is 6.33. The monoisotopic (exact) mass is 344 g/mol. The van der Waals surface area contributed by atoms with Crippen molar-refractivity contribution in [3.05, 3.63) is 64.7 Å². The second kappa shape index (κ2) is 7.47. The van der Waals surface area contributed by atoms with Gasteiger partial charge in [-0.15, -0.1) is 0 Å². The van der Waals surface area contributed by atoms with Crippen molar-refractivity contribution in [2.45, 2.75) is 25.9 Å². The Kier molecular flexibility index (Phi) is 5.12. The van der Waals surface area contributed by atoms with Gasteiger partial charge in [-0.1, -0.05) is 24.3 Å². The first-order valence-electron chi connectivity index (χ1n) is 8.04. The fourth-order valence-electron chi connectivity index (χ4n) is 2.97. The third kappa shape index (κ3) is 4.05. The van der Waals surface area contributed by atoms with E-state index >= 15 is 0 Å². The summed E-state index contributed by atoms with van der Waals surface area (Å²) in [5.41, 5.74) is 3.88. The number of halogens is 2. The van der Waals surface area contributed by atoms with E-state index in [2.05, 4.69) is 4.74 Å². The Morgan fingerprint density at radius 2 is 1.88 bits per heavy atom. The Bertz CT molecular complexity index is 813. The van der Waals surface area contributed by atoms with Crippen LogP contribution >= 0.6 is 0 Å². The molecule has 2 aromatic carbocycles. The fraction of sp³-hybridized carbons (Fsp3) is 0.250. The first kappa shape index (κ1) is 17.1. The number of fused-ring (bicyclic) bond motifs is 1. The summed E-state index contributed by atoms with van der Waals surface area (Å²) >= 11 is 0. The summed E-state index contributed by atoms with van der Waals surface area (Å²) in [4.78, 5) is 12.3. The van der Waals surface area contributed by atoms with Crippen LogP contribution in [0.5, 0.6) is 11.5 Å². The minimum atomic E-state index is -2.92. The molecule has 1 aliphatic rings. The van der Waals surface area contributed by atoms with Gasteiger partial charge in [-0.3, -0.25) is 4.79 Å². The molecule has 0 N–H and O–H groups in total. The van der Waals surface area contributed by atoms with Gasteiger partial charge in [0.2, 0.25) is 0 Å². The molecule has 3 nitrogen and oxygen atoms in total. The van der Waals surface area contributed by atoms with Crippen molar-refractivity contribution in [3.8, 4) is 11.5 Å². The Morgan fingerprint density at radius 3 is 2.64 bits per heavy atom. The number of carbonyl (C=O) groups excluding carboxylic acids is 1. The third-order valence-electron chi connectivity index (χ3n) is 4.21. The number of rotatable bonds is 6. The number of carbonyl (C=O) groups is 1. The van der Waals surface area contributed by atoms with Crippen molar-refractivity contribution in [3.63, 3.8) is 0 Å². The standard InChI is InChI=1S/C20H18F2O3/c1-24-19-11-13(6-10-18(19)25-20(21)22)5-9-17(23)16-8-7-14-3-2-4-15(14)12-16/h5-12,20H,2-4H2,1H3/b9-5+. The van der Waals surface area contributed by atoms with Crippen molar-refractivity contribution >= 4 is 11.9 Å². The average molecular weight is 344 g/mol. The molecule has 5 heteroatoms. The van der Waals surface area contributed by atoms with Crippen LogP contribution in [0, 0.1) is 0 Å². The predicted octanol–water partition coefficient (Wildman–Crippen LogP) is 4.68. The maximum atomic E-state index is 12.3. The Hall–Kier alpha value is -2.69. The van der Waals surface area contributed by atoms with Gasteiger partial charge in [-0.05, 0) is 60.2 Å². The van der Waals surface area contributed by atoms with Gasteiger partial charge in [-0.2, -0.15) is 8.78 Å². The van der Waals surface area contributed by atoms with Gasteiger partial charge in [0.05, 0.1) is 7.11 Å². The summed E-state index contributed by atoms with van der Waals surface area (Å²) in [6, 6.07) is 10.3. The highest BCUT2D eigenvalue weighted by Gasteiger charge is 2.13. The molecule has 130 valence electrons. The van der Waals surface area contributed by atoms with Gasteiger partial charge in [0, 0.05) is 5.56 Å². The second-order valence-electron chi connectivity index (χ2n) is 5.82. The molecule has 0 aromatic heterocycles. The van der Waals surface area contributed by atoms with Crippen LogP contribution < -0.4 is 9.47 Å². The van der Waals surface area contributed by atoms with Crippen molar-refractivity contribution in [1.82, 2.24) is 0 Å². The van der Waals surface area contributed by atoms with Crippen LogP contribution in [-0.2, 0) is 12.8 Å². The maximum Gasteiger partial charge on any atom is 0.387 e. The lowest BCUT2D eigenvalue weighted by Crippen LogP contribution is -2.03. The van der Waals surface area contributed by atoms with Crippen LogP contribution in [0.4, 0.5) is 8.78 Å². The number of hydrogen-bond acceptors (Lipinski definition) is 3. The minimum absolute atomic E-state index is 0.0420. The lowest BCUT2D eigenvalue weighted by atomic mass is 10.0. The minimum Gasteiger partial charge on any atom is -0.493 e. The van der Waals surface area contributed by atoms with Gasteiger partial charge in [0.25, 0.3) is 0 Å². The zero-order valence-electron chi connectivity index (χ0n) is 13.8. The second-order valence-corrected chi connectivity index (χ2v) is 5.82. The Balaban J connectivity index is 1.76. The Labute approximate surface area is 144 Å². The molecule has 0 saturated heterocycles. The molecule has 0 radical (unpaired) electrons. The van der Waals surface area contributed by atoms with E-state index in [4.69, 9.17) is 4.74 Å². The highest BCUT2D eigenvalue weighted by molar-refractivity contribution is 6.07. The number of aryl methyl sites for hydroxylation is 2. The fourth-order valence-corrected chi connectivity index (χ4v) is 2.97. The number of alkyl halides is 2. The van der Waals surface area contributed by atoms with Crippen molar-refractivity contribution in [2.75, 3.05) is 7.11 Å². The number of ether oxygens (including phenoxy) is 2. The number of ketones is 1. The largest absolute Gasteiger partial charge is 0.493 e. The molecule has 3 rings (SSSR count). The molecular formula is C20H18F2O3. The van der Waals surface area contributed by atoms with Gasteiger partial charge < -0.3 is 9.47 Å². The molecule has 0 atom stereocenters. The molecular weight excluding hydrogens is 326 g/mol. The van der Waals surface area contributed by atoms with Crippen LogP contribution in [0.25, 0.3) is 6.08 Å². The normalized spacial score (nSPS) is 13.3. The van der Waals surface area contributed by atoms with Crippen LogP contribution in [0.1, 0.15) is 33.5 Å². The van der Waals surface area contributed by atoms with E-state index in [0.29, 0.717) is 11.1 Å². The molecule has 0 spiro atoms. The number of allylic oxidation sites excluding steroid dienone is 1. The van der Waals surface area contributed by atoms with Gasteiger partial charge in [0.15, 0.2) is 17.3 Å². The summed E-state index contributed by atoms with van der Waals surface area (Å²) in [5, 5.41) is 0. The molecule has 0 amide bonds. The first-order valence-corrected chi connectivity index (χ1v) is 8.04. The van der Waals surface area contributed by atoms with Crippen molar-refractivity contribution in [2.24, 2.45) is 0 Å². The molecule has 0 aliphatic heterocycles. The highest BCUT2D eigenvalue weighted by Crippen LogP contribution is 2.30. The summed E-state index contributed by atoms with van der Waals surface area (Å²) in [7, 11) is 1.37. The number of hydrogen-bond donors (Lipinski definition) is 0. The molecule has 2 aromatic rings. The smallest absolute Gasteiger partial charge is 0.387 e. The van der Waals surface area contributed by atoms with Gasteiger partial charge in [-0.25, -0.2) is 0 Å². The van der Waals surface area contributed by atoms with E-state index in [1.54, 1.807) is 18.2 Å². The van der Waals surface area contributed by atoms with Crippen LogP contribution in [0.3, 0.4) is 0 Å². The van der Waals surface area contributed by atoms with Crippen LogP contribution in [-0.4, -0.2) is 19.5 Å². The third-order valence-corrected chi connectivity index (χ3v) is 4.21. The zero-order valence-corrected chi connectivity index (χ0v) is 13.8. The van der Waals surface area contributed by atoms with Crippen molar-refractivity contribution < 1.29 is 23.0 Å². The lowest BCUT2D eigenvalue weighted by molar-refractivity contribution is -0.0512. The molecule has 0 unspecified atom stereocenters. The molecule has 0 bridgehead atoms. The van der Waals surface area contributed by atoms with E-state index in [9.17, 15) is 13.6 Å². The van der Waals surface area contributed by atoms with E-state index in [0.717, 1.165) is 19.3 Å². The number of methoxy groups -OCH3 is 1. The van der Waals surface area contributed by atoms with E-state index < -0.39 is 6.61 Å². The molecule has 1 aliphatic carbocycles. The average Bonchev–Trinajstić information content (AvgIpc) is 3.07.